The molecule has 0 saturated carbocycles. The van der Waals surface area contributed by atoms with Gasteiger partial charge < -0.3 is 10.5 Å². The molecule has 0 aromatic heterocycles. The fraction of sp³-hybridized carbons (Fsp3) is 1.00. The van der Waals surface area contributed by atoms with E-state index in [2.05, 4.69) is 25.7 Å². The van der Waals surface area contributed by atoms with E-state index in [1.807, 2.05) is 6.92 Å². The third-order valence-corrected chi connectivity index (χ3v) is 3.38. The molecule has 3 nitrogen and oxygen atoms in total. The van der Waals surface area contributed by atoms with Crippen molar-refractivity contribution >= 4 is 0 Å². The zero-order valence-electron chi connectivity index (χ0n) is 11.6. The summed E-state index contributed by atoms with van der Waals surface area (Å²) < 4.78 is 5.38. The topological polar surface area (TPSA) is 38.5 Å². The Morgan fingerprint density at radius 2 is 1.88 bits per heavy atom. The number of rotatable bonds is 10. The predicted molar refractivity (Wildman–Crippen MR) is 70.7 cm³/mol. The molecule has 0 aromatic rings. The quantitative estimate of drug-likeness (QED) is 0.585. The van der Waals surface area contributed by atoms with Gasteiger partial charge in [0.25, 0.3) is 0 Å². The van der Waals surface area contributed by atoms with Gasteiger partial charge in [-0.25, -0.2) is 0 Å². The zero-order chi connectivity index (χ0) is 12.4. The lowest BCUT2D eigenvalue weighted by molar-refractivity contribution is 0.0811. The molecular weight excluding hydrogens is 200 g/mol. The molecule has 16 heavy (non-hydrogen) atoms. The average Bonchev–Trinajstić information content (AvgIpc) is 2.32. The fourth-order valence-corrected chi connectivity index (χ4v) is 1.92. The van der Waals surface area contributed by atoms with Gasteiger partial charge in [-0.2, -0.15) is 0 Å². The minimum atomic E-state index is 0.155. The molecule has 0 rings (SSSR count). The Morgan fingerprint density at radius 1 is 1.19 bits per heavy atom. The fourth-order valence-electron chi connectivity index (χ4n) is 1.92. The van der Waals surface area contributed by atoms with Crippen LogP contribution in [0.5, 0.6) is 0 Å². The van der Waals surface area contributed by atoms with Crippen LogP contribution in [0, 0.1) is 0 Å². The van der Waals surface area contributed by atoms with Crippen molar-refractivity contribution in [3.63, 3.8) is 0 Å². The second kappa shape index (κ2) is 8.97. The molecule has 0 radical (unpaired) electrons. The lowest BCUT2D eigenvalue weighted by atomic mass is 9.96. The summed E-state index contributed by atoms with van der Waals surface area (Å²) in [5, 5.41) is 0. The van der Waals surface area contributed by atoms with Crippen molar-refractivity contribution in [3.8, 4) is 0 Å². The molecular formula is C13H30N2O. The van der Waals surface area contributed by atoms with Gasteiger partial charge in [0.15, 0.2) is 0 Å². The number of nitrogens with zero attached hydrogens (tertiary/aromatic N) is 1. The van der Waals surface area contributed by atoms with Crippen LogP contribution >= 0.6 is 0 Å². The van der Waals surface area contributed by atoms with E-state index in [9.17, 15) is 0 Å². The summed E-state index contributed by atoms with van der Waals surface area (Å²) in [5.41, 5.74) is 6.06. The molecule has 0 saturated heterocycles. The summed E-state index contributed by atoms with van der Waals surface area (Å²) in [6.45, 7) is 13.4. The van der Waals surface area contributed by atoms with E-state index in [0.29, 0.717) is 0 Å². The van der Waals surface area contributed by atoms with Gasteiger partial charge in [-0.3, -0.25) is 4.90 Å². The standard InChI is InChI=1S/C13H30N2O/c1-5-9-15(10-8-11-16-7-3)13(4,6-2)12-14/h5-12,14H2,1-4H3. The number of ether oxygens (including phenoxy) is 1. The highest BCUT2D eigenvalue weighted by molar-refractivity contribution is 4.85. The van der Waals surface area contributed by atoms with Crippen LogP contribution in [-0.4, -0.2) is 43.3 Å². The second-order valence-corrected chi connectivity index (χ2v) is 4.59. The molecule has 0 amide bonds. The molecule has 3 heteroatoms. The molecule has 0 aliphatic heterocycles. The Hall–Kier alpha value is -0.120. The zero-order valence-corrected chi connectivity index (χ0v) is 11.6. The van der Waals surface area contributed by atoms with Crippen molar-refractivity contribution in [2.24, 2.45) is 5.73 Å². The first kappa shape index (κ1) is 15.9. The Kier molecular flexibility index (Phi) is 8.90. The van der Waals surface area contributed by atoms with Crippen molar-refractivity contribution in [2.75, 3.05) is 32.8 Å². The Labute approximate surface area is 101 Å². The van der Waals surface area contributed by atoms with Crippen LogP contribution in [0.3, 0.4) is 0 Å². The number of hydrogen-bond acceptors (Lipinski definition) is 3. The number of nitrogens with two attached hydrogens (primary N) is 1. The molecule has 0 bridgehead atoms. The smallest absolute Gasteiger partial charge is 0.0478 e. The van der Waals surface area contributed by atoms with E-state index in [1.165, 1.54) is 6.42 Å². The van der Waals surface area contributed by atoms with Crippen LogP contribution in [0.2, 0.25) is 0 Å². The highest BCUT2D eigenvalue weighted by Crippen LogP contribution is 2.18. The van der Waals surface area contributed by atoms with Gasteiger partial charge in [-0.1, -0.05) is 13.8 Å². The third-order valence-electron chi connectivity index (χ3n) is 3.38. The maximum absolute atomic E-state index is 5.91. The van der Waals surface area contributed by atoms with Crippen LogP contribution in [0.25, 0.3) is 0 Å². The highest BCUT2D eigenvalue weighted by atomic mass is 16.5. The second-order valence-electron chi connectivity index (χ2n) is 4.59. The summed E-state index contributed by atoms with van der Waals surface area (Å²) in [6, 6.07) is 0. The lowest BCUT2D eigenvalue weighted by Gasteiger charge is -2.40. The Bertz CT molecular complexity index is 158. The summed E-state index contributed by atoms with van der Waals surface area (Å²) in [4.78, 5) is 2.52. The predicted octanol–water partition coefficient (Wildman–Crippen LogP) is 2.25. The van der Waals surface area contributed by atoms with E-state index in [4.69, 9.17) is 10.5 Å². The van der Waals surface area contributed by atoms with Crippen LogP contribution < -0.4 is 5.73 Å². The normalized spacial score (nSPS) is 15.4. The molecule has 2 N–H and O–H groups in total. The van der Waals surface area contributed by atoms with Gasteiger partial charge in [0.05, 0.1) is 0 Å². The molecule has 98 valence electrons. The van der Waals surface area contributed by atoms with Crippen molar-refractivity contribution in [1.29, 1.82) is 0 Å². The molecule has 0 aliphatic rings. The van der Waals surface area contributed by atoms with Crippen molar-refractivity contribution in [2.45, 2.75) is 52.5 Å². The lowest BCUT2D eigenvalue weighted by Crippen LogP contribution is -2.52. The molecule has 1 atom stereocenters. The van der Waals surface area contributed by atoms with Crippen molar-refractivity contribution in [3.05, 3.63) is 0 Å². The molecule has 0 fully saturated rings. The van der Waals surface area contributed by atoms with E-state index < -0.39 is 0 Å². The molecule has 0 aliphatic carbocycles. The minimum Gasteiger partial charge on any atom is -0.382 e. The maximum Gasteiger partial charge on any atom is 0.0478 e. The SMILES string of the molecule is CCCN(CCCOCC)C(C)(CC)CN. The highest BCUT2D eigenvalue weighted by Gasteiger charge is 2.27. The van der Waals surface area contributed by atoms with E-state index in [-0.39, 0.29) is 5.54 Å². The molecule has 0 heterocycles. The van der Waals surface area contributed by atoms with Crippen LogP contribution in [-0.2, 0) is 4.74 Å². The largest absolute Gasteiger partial charge is 0.382 e. The van der Waals surface area contributed by atoms with E-state index >= 15 is 0 Å². The van der Waals surface area contributed by atoms with Crippen molar-refractivity contribution < 1.29 is 4.74 Å². The summed E-state index contributed by atoms with van der Waals surface area (Å²) in [5.74, 6) is 0. The summed E-state index contributed by atoms with van der Waals surface area (Å²) in [7, 11) is 0. The van der Waals surface area contributed by atoms with Crippen LogP contribution in [0.15, 0.2) is 0 Å². The van der Waals surface area contributed by atoms with Crippen molar-refractivity contribution in [1.82, 2.24) is 4.90 Å². The maximum atomic E-state index is 5.91. The van der Waals surface area contributed by atoms with Gasteiger partial charge in [0.1, 0.15) is 0 Å². The van der Waals surface area contributed by atoms with Gasteiger partial charge in [-0.15, -0.1) is 0 Å². The monoisotopic (exact) mass is 230 g/mol. The summed E-state index contributed by atoms with van der Waals surface area (Å²) in [6.07, 6.45) is 3.39. The average molecular weight is 230 g/mol. The third kappa shape index (κ3) is 5.28. The van der Waals surface area contributed by atoms with Crippen LogP contribution in [0.1, 0.15) is 47.0 Å². The first-order valence-electron chi connectivity index (χ1n) is 6.67. The van der Waals surface area contributed by atoms with Gasteiger partial charge in [0.2, 0.25) is 0 Å². The molecule has 0 spiro atoms. The first-order valence-corrected chi connectivity index (χ1v) is 6.67. The molecule has 1 unspecified atom stereocenters. The molecule has 0 aromatic carbocycles. The van der Waals surface area contributed by atoms with Gasteiger partial charge >= 0.3 is 0 Å². The number of hydrogen-bond donors (Lipinski definition) is 1. The minimum absolute atomic E-state index is 0.155. The van der Waals surface area contributed by atoms with E-state index in [0.717, 1.165) is 45.7 Å². The van der Waals surface area contributed by atoms with Crippen LogP contribution in [0.4, 0.5) is 0 Å². The first-order chi connectivity index (χ1) is 7.64. The van der Waals surface area contributed by atoms with E-state index in [1.54, 1.807) is 0 Å². The summed E-state index contributed by atoms with van der Waals surface area (Å²) >= 11 is 0. The Balaban J connectivity index is 4.13. The Morgan fingerprint density at radius 3 is 2.31 bits per heavy atom. The van der Waals surface area contributed by atoms with Gasteiger partial charge in [-0.05, 0) is 39.7 Å². The van der Waals surface area contributed by atoms with Gasteiger partial charge in [0, 0.05) is 31.8 Å².